The summed E-state index contributed by atoms with van der Waals surface area (Å²) in [6.45, 7) is 8.78. The number of likely N-dealkylation sites (N-methyl/N-ethyl adjacent to an activating group) is 1. The summed E-state index contributed by atoms with van der Waals surface area (Å²) < 4.78 is 5.52. The molecule has 0 amide bonds. The molecule has 1 rings (SSSR count). The summed E-state index contributed by atoms with van der Waals surface area (Å²) >= 11 is 0. The minimum absolute atomic E-state index is 0.151. The van der Waals surface area contributed by atoms with Crippen molar-refractivity contribution in [1.82, 2.24) is 9.88 Å². The lowest BCUT2D eigenvalue weighted by atomic mass is 9.97. The Morgan fingerprint density at radius 1 is 1.42 bits per heavy atom. The van der Waals surface area contributed by atoms with Crippen LogP contribution in [0.25, 0.3) is 0 Å². The first-order chi connectivity index (χ1) is 9.02. The summed E-state index contributed by atoms with van der Waals surface area (Å²) in [5.74, 6) is 0. The van der Waals surface area contributed by atoms with Crippen LogP contribution in [0.2, 0.25) is 0 Å². The topological polar surface area (TPSA) is 51.4 Å². The number of hydrogen-bond acceptors (Lipinski definition) is 4. The van der Waals surface area contributed by atoms with Gasteiger partial charge in [-0.1, -0.05) is 13.0 Å². The lowest BCUT2D eigenvalue weighted by Gasteiger charge is -2.35. The lowest BCUT2D eigenvalue weighted by Crippen LogP contribution is -2.45. The molecule has 108 valence electrons. The van der Waals surface area contributed by atoms with E-state index < -0.39 is 0 Å². The highest BCUT2D eigenvalue weighted by molar-refractivity contribution is 5.03. The Kier molecular flexibility index (Phi) is 6.42. The smallest absolute Gasteiger partial charge is 0.0638 e. The zero-order valence-electron chi connectivity index (χ0n) is 12.6. The first-order valence-corrected chi connectivity index (χ1v) is 6.91. The summed E-state index contributed by atoms with van der Waals surface area (Å²) in [4.78, 5) is 6.75. The second kappa shape index (κ2) is 7.58. The highest BCUT2D eigenvalue weighted by atomic mass is 16.5. The number of aromatic nitrogens is 1. The first-order valence-electron chi connectivity index (χ1n) is 6.91. The van der Waals surface area contributed by atoms with Crippen molar-refractivity contribution in [3.05, 3.63) is 30.1 Å². The minimum Gasteiger partial charge on any atom is -0.379 e. The number of rotatable bonds is 8. The molecule has 0 bridgehead atoms. The van der Waals surface area contributed by atoms with Crippen molar-refractivity contribution < 1.29 is 4.74 Å². The van der Waals surface area contributed by atoms with Gasteiger partial charge < -0.3 is 10.5 Å². The number of nitrogens with two attached hydrogens (primary N) is 1. The number of methoxy groups -OCH3 is 1. The molecule has 0 spiro atoms. The lowest BCUT2D eigenvalue weighted by molar-refractivity contribution is -0.00831. The van der Waals surface area contributed by atoms with Crippen LogP contribution >= 0.6 is 0 Å². The third kappa shape index (κ3) is 5.27. The Balaban J connectivity index is 2.70. The van der Waals surface area contributed by atoms with Gasteiger partial charge in [0.25, 0.3) is 0 Å². The highest BCUT2D eigenvalue weighted by Gasteiger charge is 2.25. The Labute approximate surface area is 117 Å². The van der Waals surface area contributed by atoms with E-state index in [0.717, 1.165) is 25.2 Å². The van der Waals surface area contributed by atoms with Crippen molar-refractivity contribution in [2.45, 2.75) is 45.4 Å². The fourth-order valence-electron chi connectivity index (χ4n) is 2.21. The molecule has 1 atom stereocenters. The Morgan fingerprint density at radius 3 is 2.63 bits per heavy atom. The van der Waals surface area contributed by atoms with Gasteiger partial charge in [-0.15, -0.1) is 0 Å². The van der Waals surface area contributed by atoms with Crippen LogP contribution in [0.5, 0.6) is 0 Å². The second-order valence-corrected chi connectivity index (χ2v) is 5.44. The van der Waals surface area contributed by atoms with E-state index in [1.54, 1.807) is 7.11 Å². The average Bonchev–Trinajstić information content (AvgIpc) is 2.43. The molecule has 4 heteroatoms. The van der Waals surface area contributed by atoms with Gasteiger partial charge >= 0.3 is 0 Å². The maximum Gasteiger partial charge on any atom is 0.0638 e. The number of nitrogens with zero attached hydrogens (tertiary/aromatic N) is 2. The molecule has 19 heavy (non-hydrogen) atoms. The standard InChI is InChI=1S/C15H27N3O/c1-5-18(12-13-8-6-7-9-17-13)14(11-16)10-15(2,3)19-4/h6-9,14H,5,10-12,16H2,1-4H3. The van der Waals surface area contributed by atoms with Gasteiger partial charge in [0.05, 0.1) is 11.3 Å². The molecule has 1 aromatic heterocycles. The minimum atomic E-state index is -0.151. The van der Waals surface area contributed by atoms with Gasteiger partial charge in [0.2, 0.25) is 0 Å². The van der Waals surface area contributed by atoms with Crippen molar-refractivity contribution in [3.8, 4) is 0 Å². The van der Waals surface area contributed by atoms with Crippen molar-refractivity contribution in [2.75, 3.05) is 20.2 Å². The molecule has 1 heterocycles. The molecular weight excluding hydrogens is 238 g/mol. The SMILES string of the molecule is CCN(Cc1ccccn1)C(CN)CC(C)(C)OC. The molecule has 0 aliphatic rings. The van der Waals surface area contributed by atoms with Gasteiger partial charge in [-0.25, -0.2) is 0 Å². The van der Waals surface area contributed by atoms with Crippen LogP contribution in [0.15, 0.2) is 24.4 Å². The molecule has 1 aromatic rings. The summed E-state index contributed by atoms with van der Waals surface area (Å²) in [5.41, 5.74) is 6.88. The van der Waals surface area contributed by atoms with Gasteiger partial charge in [-0.3, -0.25) is 9.88 Å². The molecule has 0 fully saturated rings. The first kappa shape index (κ1) is 16.1. The molecule has 0 saturated carbocycles. The quantitative estimate of drug-likeness (QED) is 0.781. The number of ether oxygens (including phenoxy) is 1. The van der Waals surface area contributed by atoms with E-state index in [4.69, 9.17) is 10.5 Å². The van der Waals surface area contributed by atoms with E-state index in [2.05, 4.69) is 36.7 Å². The molecule has 0 saturated heterocycles. The van der Waals surface area contributed by atoms with Gasteiger partial charge in [-0.2, -0.15) is 0 Å². The molecule has 0 aliphatic carbocycles. The third-order valence-electron chi connectivity index (χ3n) is 3.57. The van der Waals surface area contributed by atoms with Crippen LogP contribution in [0.1, 0.15) is 32.9 Å². The summed E-state index contributed by atoms with van der Waals surface area (Å²) in [6, 6.07) is 6.32. The average molecular weight is 265 g/mol. The van der Waals surface area contributed by atoms with E-state index in [1.165, 1.54) is 0 Å². The van der Waals surface area contributed by atoms with Crippen LogP contribution < -0.4 is 5.73 Å². The van der Waals surface area contributed by atoms with E-state index in [0.29, 0.717) is 12.6 Å². The molecule has 4 nitrogen and oxygen atoms in total. The van der Waals surface area contributed by atoms with E-state index in [9.17, 15) is 0 Å². The maximum atomic E-state index is 5.95. The molecule has 1 unspecified atom stereocenters. The van der Waals surface area contributed by atoms with Crippen molar-refractivity contribution in [3.63, 3.8) is 0 Å². The number of pyridine rings is 1. The largest absolute Gasteiger partial charge is 0.379 e. The fraction of sp³-hybridized carbons (Fsp3) is 0.667. The van der Waals surface area contributed by atoms with Crippen LogP contribution in [-0.4, -0.2) is 41.7 Å². The third-order valence-corrected chi connectivity index (χ3v) is 3.57. The summed E-state index contributed by atoms with van der Waals surface area (Å²) in [7, 11) is 1.75. The molecule has 0 aliphatic heterocycles. The van der Waals surface area contributed by atoms with E-state index in [1.807, 2.05) is 18.3 Å². The van der Waals surface area contributed by atoms with Crippen molar-refractivity contribution in [1.29, 1.82) is 0 Å². The van der Waals surface area contributed by atoms with Gasteiger partial charge in [0.15, 0.2) is 0 Å². The van der Waals surface area contributed by atoms with E-state index >= 15 is 0 Å². The summed E-state index contributed by atoms with van der Waals surface area (Å²) in [5, 5.41) is 0. The Bertz CT molecular complexity index is 354. The normalized spacial score (nSPS) is 13.8. The molecule has 0 aromatic carbocycles. The predicted octanol–water partition coefficient (Wildman–Crippen LogP) is 2.05. The Hall–Kier alpha value is -0.970. The van der Waals surface area contributed by atoms with Gasteiger partial charge in [0.1, 0.15) is 0 Å². The maximum absolute atomic E-state index is 5.95. The van der Waals surface area contributed by atoms with Crippen LogP contribution in [-0.2, 0) is 11.3 Å². The van der Waals surface area contributed by atoms with Crippen LogP contribution in [0.4, 0.5) is 0 Å². The summed E-state index contributed by atoms with van der Waals surface area (Å²) in [6.07, 6.45) is 2.75. The monoisotopic (exact) mass is 265 g/mol. The van der Waals surface area contributed by atoms with E-state index in [-0.39, 0.29) is 5.60 Å². The van der Waals surface area contributed by atoms with Crippen molar-refractivity contribution in [2.24, 2.45) is 5.73 Å². The highest BCUT2D eigenvalue weighted by Crippen LogP contribution is 2.19. The molecular formula is C15H27N3O. The number of hydrogen-bond donors (Lipinski definition) is 1. The molecule has 0 radical (unpaired) electrons. The predicted molar refractivity (Wildman–Crippen MR) is 78.9 cm³/mol. The van der Waals surface area contributed by atoms with Crippen molar-refractivity contribution >= 4 is 0 Å². The van der Waals surface area contributed by atoms with Gasteiger partial charge in [0, 0.05) is 32.4 Å². The van der Waals surface area contributed by atoms with Crippen LogP contribution in [0, 0.1) is 0 Å². The molecule has 2 N–H and O–H groups in total. The zero-order chi connectivity index (χ0) is 14.3. The fourth-order valence-corrected chi connectivity index (χ4v) is 2.21. The van der Waals surface area contributed by atoms with Crippen LogP contribution in [0.3, 0.4) is 0 Å². The second-order valence-electron chi connectivity index (χ2n) is 5.44. The Morgan fingerprint density at radius 2 is 2.16 bits per heavy atom. The van der Waals surface area contributed by atoms with Gasteiger partial charge in [-0.05, 0) is 38.9 Å². The zero-order valence-corrected chi connectivity index (χ0v) is 12.6.